The van der Waals surface area contributed by atoms with Gasteiger partial charge in [-0.25, -0.2) is 8.42 Å². The first kappa shape index (κ1) is 12.3. The fourth-order valence-electron chi connectivity index (χ4n) is 1.14. The molecule has 0 saturated carbocycles. The zero-order valence-electron chi connectivity index (χ0n) is 8.29. The van der Waals surface area contributed by atoms with E-state index in [1.165, 1.54) is 18.3 Å². The van der Waals surface area contributed by atoms with Crippen molar-refractivity contribution in [2.75, 3.05) is 10.5 Å². The lowest BCUT2D eigenvalue weighted by Gasteiger charge is -2.08. The monoisotopic (exact) mass is 334 g/mol. The van der Waals surface area contributed by atoms with Gasteiger partial charge in [-0.1, -0.05) is 20.4 Å². The van der Waals surface area contributed by atoms with Crippen LogP contribution in [0.15, 0.2) is 33.8 Å². The van der Waals surface area contributed by atoms with Crippen LogP contribution in [0.2, 0.25) is 0 Å². The van der Waals surface area contributed by atoms with Crippen molar-refractivity contribution in [2.24, 2.45) is 0 Å². The number of aromatic nitrogens is 2. The Morgan fingerprint density at radius 1 is 1.41 bits per heavy atom. The first-order chi connectivity index (χ1) is 7.99. The number of rotatable bonds is 3. The normalized spacial score (nSPS) is 11.4. The van der Waals surface area contributed by atoms with Gasteiger partial charge >= 0.3 is 0 Å². The molecule has 0 aliphatic carbocycles. The lowest BCUT2D eigenvalue weighted by atomic mass is 10.3. The van der Waals surface area contributed by atoms with E-state index in [4.69, 9.17) is 5.73 Å². The molecule has 3 N–H and O–H groups in total. The number of nitrogen functional groups attached to an aromatic ring is 1. The summed E-state index contributed by atoms with van der Waals surface area (Å²) in [5.74, 6) is 0. The van der Waals surface area contributed by atoms with Crippen LogP contribution in [-0.4, -0.2) is 18.0 Å². The Bertz CT molecular complexity index is 627. The van der Waals surface area contributed by atoms with Crippen LogP contribution in [0.3, 0.4) is 0 Å². The van der Waals surface area contributed by atoms with Gasteiger partial charge in [0.1, 0.15) is 9.90 Å². The van der Waals surface area contributed by atoms with Gasteiger partial charge in [-0.2, -0.15) is 0 Å². The van der Waals surface area contributed by atoms with Crippen LogP contribution < -0.4 is 10.5 Å². The molecule has 0 aliphatic heterocycles. The highest BCUT2D eigenvalue weighted by Crippen LogP contribution is 2.25. The maximum absolute atomic E-state index is 12.0. The number of anilines is 2. The lowest BCUT2D eigenvalue weighted by Crippen LogP contribution is -2.14. The Balaban J connectivity index is 2.41. The molecule has 0 spiro atoms. The van der Waals surface area contributed by atoms with E-state index < -0.39 is 10.0 Å². The number of sulfonamides is 1. The fraction of sp³-hybridized carbons (Fsp3) is 0. The minimum Gasteiger partial charge on any atom is -0.398 e. The van der Waals surface area contributed by atoms with Crippen molar-refractivity contribution in [1.29, 1.82) is 0 Å². The molecule has 0 bridgehead atoms. The van der Waals surface area contributed by atoms with Gasteiger partial charge in [0.15, 0.2) is 0 Å². The molecule has 0 unspecified atom stereocenters. The lowest BCUT2D eigenvalue weighted by molar-refractivity contribution is 0.601. The number of hydrogen-bond donors (Lipinski definition) is 2. The Morgan fingerprint density at radius 2 is 2.18 bits per heavy atom. The summed E-state index contributed by atoms with van der Waals surface area (Å²) in [6.45, 7) is 0. The van der Waals surface area contributed by atoms with Crippen molar-refractivity contribution in [2.45, 2.75) is 4.90 Å². The molecule has 1 aromatic carbocycles. The minimum atomic E-state index is -3.71. The van der Waals surface area contributed by atoms with Crippen molar-refractivity contribution in [3.05, 3.63) is 28.9 Å². The summed E-state index contributed by atoms with van der Waals surface area (Å²) in [5.41, 5.74) is 5.82. The van der Waals surface area contributed by atoms with Crippen LogP contribution in [0.1, 0.15) is 0 Å². The standard InChI is InChI=1S/C8H7BrN4O2S2/c9-5-1-2-6(10)7(3-5)17(14,15)12-8-4-11-13-16-8/h1-4,12H,10H2. The Kier molecular flexibility index (Phi) is 3.31. The molecule has 9 heteroatoms. The highest BCUT2D eigenvalue weighted by Gasteiger charge is 2.18. The second-order valence-corrected chi connectivity index (χ2v) is 6.42. The largest absolute Gasteiger partial charge is 0.398 e. The number of benzene rings is 1. The van der Waals surface area contributed by atoms with Gasteiger partial charge in [0.2, 0.25) is 0 Å². The van der Waals surface area contributed by atoms with Gasteiger partial charge in [0.05, 0.1) is 11.9 Å². The van der Waals surface area contributed by atoms with Crippen LogP contribution in [-0.2, 0) is 10.0 Å². The molecule has 2 aromatic rings. The molecule has 0 fully saturated rings. The smallest absolute Gasteiger partial charge is 0.264 e. The molecule has 17 heavy (non-hydrogen) atoms. The third kappa shape index (κ3) is 2.73. The summed E-state index contributed by atoms with van der Waals surface area (Å²) >= 11 is 4.15. The molecule has 6 nitrogen and oxygen atoms in total. The molecule has 90 valence electrons. The van der Waals surface area contributed by atoms with E-state index in [2.05, 4.69) is 30.2 Å². The van der Waals surface area contributed by atoms with E-state index >= 15 is 0 Å². The third-order valence-corrected chi connectivity index (χ3v) is 4.49. The van der Waals surface area contributed by atoms with Crippen molar-refractivity contribution in [1.82, 2.24) is 9.59 Å². The zero-order valence-corrected chi connectivity index (χ0v) is 11.5. The molecular weight excluding hydrogens is 328 g/mol. The molecule has 0 aliphatic rings. The molecule has 0 saturated heterocycles. The Morgan fingerprint density at radius 3 is 2.82 bits per heavy atom. The maximum atomic E-state index is 12.0. The fourth-order valence-corrected chi connectivity index (χ4v) is 3.50. The molecule has 0 radical (unpaired) electrons. The SMILES string of the molecule is Nc1ccc(Br)cc1S(=O)(=O)Nc1cnns1. The topological polar surface area (TPSA) is 98.0 Å². The van der Waals surface area contributed by atoms with Gasteiger partial charge in [-0.3, -0.25) is 4.72 Å². The molecule has 2 rings (SSSR count). The van der Waals surface area contributed by atoms with Crippen LogP contribution in [0, 0.1) is 0 Å². The van der Waals surface area contributed by atoms with E-state index in [0.717, 1.165) is 11.5 Å². The predicted octanol–water partition coefficient (Wildman–Crippen LogP) is 1.68. The van der Waals surface area contributed by atoms with Gasteiger partial charge in [0, 0.05) is 16.0 Å². The van der Waals surface area contributed by atoms with E-state index in [9.17, 15) is 8.42 Å². The summed E-state index contributed by atoms with van der Waals surface area (Å²) in [5, 5.41) is 3.88. The minimum absolute atomic E-state index is 0.0141. The molecular formula is C8H7BrN4O2S2. The van der Waals surface area contributed by atoms with Crippen LogP contribution in [0.4, 0.5) is 10.7 Å². The average molecular weight is 335 g/mol. The van der Waals surface area contributed by atoms with Crippen molar-refractivity contribution < 1.29 is 8.42 Å². The van der Waals surface area contributed by atoms with E-state index in [1.807, 2.05) is 0 Å². The summed E-state index contributed by atoms with van der Waals surface area (Å²) in [7, 11) is -3.71. The van der Waals surface area contributed by atoms with E-state index in [1.54, 1.807) is 6.07 Å². The van der Waals surface area contributed by atoms with Gasteiger partial charge < -0.3 is 5.73 Å². The summed E-state index contributed by atoms with van der Waals surface area (Å²) in [6, 6.07) is 4.62. The number of nitrogens with one attached hydrogen (secondary N) is 1. The van der Waals surface area contributed by atoms with Crippen molar-refractivity contribution >= 4 is 48.2 Å². The summed E-state index contributed by atoms with van der Waals surface area (Å²) in [4.78, 5) is 0.0141. The quantitative estimate of drug-likeness (QED) is 0.832. The average Bonchev–Trinajstić information content (AvgIpc) is 2.73. The second-order valence-electron chi connectivity index (χ2n) is 3.07. The third-order valence-electron chi connectivity index (χ3n) is 1.86. The van der Waals surface area contributed by atoms with Gasteiger partial charge in [0.25, 0.3) is 10.0 Å². The zero-order chi connectivity index (χ0) is 12.5. The predicted molar refractivity (Wildman–Crippen MR) is 69.3 cm³/mol. The van der Waals surface area contributed by atoms with Crippen LogP contribution in [0.5, 0.6) is 0 Å². The molecule has 0 amide bonds. The number of nitrogens with zero attached hydrogens (tertiary/aromatic N) is 2. The van der Waals surface area contributed by atoms with Crippen LogP contribution in [0.25, 0.3) is 0 Å². The Labute approximate surface area is 110 Å². The molecule has 0 atom stereocenters. The molecule has 1 heterocycles. The maximum Gasteiger partial charge on any atom is 0.264 e. The van der Waals surface area contributed by atoms with E-state index in [0.29, 0.717) is 9.47 Å². The van der Waals surface area contributed by atoms with Gasteiger partial charge in [-0.05, 0) is 18.2 Å². The van der Waals surface area contributed by atoms with Crippen LogP contribution >= 0.6 is 27.5 Å². The highest BCUT2D eigenvalue weighted by atomic mass is 79.9. The first-order valence-corrected chi connectivity index (χ1v) is 7.39. The first-order valence-electron chi connectivity index (χ1n) is 4.34. The van der Waals surface area contributed by atoms with E-state index in [-0.39, 0.29) is 10.6 Å². The van der Waals surface area contributed by atoms with Crippen molar-refractivity contribution in [3.8, 4) is 0 Å². The van der Waals surface area contributed by atoms with Crippen molar-refractivity contribution in [3.63, 3.8) is 0 Å². The summed E-state index contributed by atoms with van der Waals surface area (Å²) in [6.07, 6.45) is 1.33. The molecule has 1 aromatic heterocycles. The number of hydrogen-bond acceptors (Lipinski definition) is 6. The second kappa shape index (κ2) is 4.59. The van der Waals surface area contributed by atoms with Gasteiger partial charge in [-0.15, -0.1) is 5.10 Å². The number of halogens is 1. The highest BCUT2D eigenvalue weighted by molar-refractivity contribution is 9.10. The number of nitrogens with two attached hydrogens (primary N) is 1. The summed E-state index contributed by atoms with van der Waals surface area (Å²) < 4.78 is 30.6. The Hall–Kier alpha value is -1.19.